The van der Waals surface area contributed by atoms with Gasteiger partial charge >= 0.3 is 0 Å². The van der Waals surface area contributed by atoms with Gasteiger partial charge in [0, 0.05) is 18.9 Å². The molecule has 0 spiro atoms. The van der Waals surface area contributed by atoms with Crippen molar-refractivity contribution in [1.29, 1.82) is 0 Å². The average molecular weight is 185 g/mol. The van der Waals surface area contributed by atoms with Gasteiger partial charge in [0.2, 0.25) is 0 Å². The van der Waals surface area contributed by atoms with Gasteiger partial charge in [-0.25, -0.2) is 4.98 Å². The highest BCUT2D eigenvalue weighted by atomic mass is 35.5. The van der Waals surface area contributed by atoms with E-state index in [4.69, 9.17) is 11.6 Å². The van der Waals surface area contributed by atoms with Crippen molar-refractivity contribution in [3.05, 3.63) is 17.2 Å². The summed E-state index contributed by atoms with van der Waals surface area (Å²) in [5.41, 5.74) is 1.00. The lowest BCUT2D eigenvalue weighted by Crippen LogP contribution is -2.19. The van der Waals surface area contributed by atoms with E-state index in [1.807, 2.05) is 4.57 Å². The Kier molecular flexibility index (Phi) is 1.89. The summed E-state index contributed by atoms with van der Waals surface area (Å²) in [5, 5.41) is 0.543. The number of carbonyl (C=O) groups is 1. The molecule has 12 heavy (non-hydrogen) atoms. The molecule has 4 heteroatoms. The summed E-state index contributed by atoms with van der Waals surface area (Å²) in [5.74, 6) is 0.131. The molecule has 0 amide bonds. The van der Waals surface area contributed by atoms with Crippen LogP contribution in [0.25, 0.3) is 0 Å². The van der Waals surface area contributed by atoms with E-state index in [0.717, 1.165) is 31.4 Å². The van der Waals surface area contributed by atoms with Gasteiger partial charge in [0.1, 0.15) is 11.4 Å². The zero-order chi connectivity index (χ0) is 8.55. The van der Waals surface area contributed by atoms with Crippen molar-refractivity contribution in [2.24, 2.45) is 5.92 Å². The highest BCUT2D eigenvalue weighted by Crippen LogP contribution is 2.23. The van der Waals surface area contributed by atoms with Crippen LogP contribution in [-0.2, 0) is 17.8 Å². The first-order valence-corrected chi connectivity index (χ1v) is 4.34. The highest BCUT2D eigenvalue weighted by Gasteiger charge is 2.20. The number of imidazole rings is 1. The Balaban J connectivity index is 2.31. The van der Waals surface area contributed by atoms with Gasteiger partial charge in [0.05, 0.1) is 12.0 Å². The Bertz CT molecular complexity index is 308. The quantitative estimate of drug-likeness (QED) is 0.617. The van der Waals surface area contributed by atoms with Crippen molar-refractivity contribution in [2.75, 3.05) is 0 Å². The van der Waals surface area contributed by atoms with Crippen LogP contribution in [0.3, 0.4) is 0 Å². The standard InChI is InChI=1S/C8H9ClN2O/c9-8-7-3-6(4-12)1-2-11(7)5-10-8/h4-6H,1-3H2. The van der Waals surface area contributed by atoms with E-state index in [9.17, 15) is 4.79 Å². The number of aryl methyl sites for hydroxylation is 1. The second-order valence-electron chi connectivity index (χ2n) is 3.06. The van der Waals surface area contributed by atoms with E-state index in [-0.39, 0.29) is 5.92 Å². The summed E-state index contributed by atoms with van der Waals surface area (Å²) in [6.45, 7) is 0.860. The van der Waals surface area contributed by atoms with Crippen LogP contribution < -0.4 is 0 Å². The fraction of sp³-hybridized carbons (Fsp3) is 0.500. The molecule has 1 aromatic rings. The van der Waals surface area contributed by atoms with E-state index in [1.54, 1.807) is 6.33 Å². The molecule has 1 aromatic heterocycles. The van der Waals surface area contributed by atoms with Crippen LogP contribution in [0.4, 0.5) is 0 Å². The second kappa shape index (κ2) is 2.90. The minimum absolute atomic E-state index is 0.131. The van der Waals surface area contributed by atoms with Gasteiger partial charge in [-0.05, 0) is 6.42 Å². The SMILES string of the molecule is O=CC1CCn2cnc(Cl)c2C1. The predicted molar refractivity (Wildman–Crippen MR) is 45.1 cm³/mol. The summed E-state index contributed by atoms with van der Waals surface area (Å²) in [6, 6.07) is 0. The minimum Gasteiger partial charge on any atom is -0.333 e. The summed E-state index contributed by atoms with van der Waals surface area (Å²) in [7, 11) is 0. The van der Waals surface area contributed by atoms with Crippen molar-refractivity contribution in [1.82, 2.24) is 9.55 Å². The number of aromatic nitrogens is 2. The maximum absolute atomic E-state index is 10.5. The number of aldehydes is 1. The van der Waals surface area contributed by atoms with Crippen LogP contribution in [0.1, 0.15) is 12.1 Å². The summed E-state index contributed by atoms with van der Waals surface area (Å²) >= 11 is 5.83. The van der Waals surface area contributed by atoms with Crippen LogP contribution in [0.5, 0.6) is 0 Å². The summed E-state index contributed by atoms with van der Waals surface area (Å²) in [4.78, 5) is 14.5. The van der Waals surface area contributed by atoms with Gasteiger partial charge in [-0.15, -0.1) is 0 Å². The monoisotopic (exact) mass is 184 g/mol. The van der Waals surface area contributed by atoms with Gasteiger partial charge < -0.3 is 9.36 Å². The molecule has 0 fully saturated rings. The van der Waals surface area contributed by atoms with Crippen molar-refractivity contribution in [3.63, 3.8) is 0 Å². The molecule has 0 bridgehead atoms. The van der Waals surface area contributed by atoms with Crippen LogP contribution in [0.2, 0.25) is 5.15 Å². The van der Waals surface area contributed by atoms with Gasteiger partial charge in [0.15, 0.2) is 0 Å². The molecule has 0 radical (unpaired) electrons. The first-order valence-electron chi connectivity index (χ1n) is 3.96. The number of halogens is 1. The lowest BCUT2D eigenvalue weighted by Gasteiger charge is -2.19. The highest BCUT2D eigenvalue weighted by molar-refractivity contribution is 6.30. The lowest BCUT2D eigenvalue weighted by molar-refractivity contribution is -0.111. The van der Waals surface area contributed by atoms with Gasteiger partial charge in [-0.3, -0.25) is 0 Å². The number of hydrogen-bond donors (Lipinski definition) is 0. The third-order valence-corrected chi connectivity index (χ3v) is 2.60. The molecule has 0 saturated carbocycles. The average Bonchev–Trinajstić information content (AvgIpc) is 2.47. The number of hydrogen-bond acceptors (Lipinski definition) is 2. The normalized spacial score (nSPS) is 21.9. The van der Waals surface area contributed by atoms with E-state index in [2.05, 4.69) is 4.98 Å². The predicted octanol–water partition coefficient (Wildman–Crippen LogP) is 1.30. The molecule has 2 rings (SSSR count). The molecule has 2 heterocycles. The minimum atomic E-state index is 0.131. The van der Waals surface area contributed by atoms with Gasteiger partial charge in [-0.2, -0.15) is 0 Å². The van der Waals surface area contributed by atoms with Crippen LogP contribution in [0, 0.1) is 5.92 Å². The Morgan fingerprint density at radius 2 is 2.58 bits per heavy atom. The van der Waals surface area contributed by atoms with Crippen LogP contribution >= 0.6 is 11.6 Å². The van der Waals surface area contributed by atoms with Crippen LogP contribution in [-0.4, -0.2) is 15.8 Å². The Morgan fingerprint density at radius 3 is 3.33 bits per heavy atom. The topological polar surface area (TPSA) is 34.9 Å². The molecule has 1 unspecified atom stereocenters. The Labute approximate surface area is 75.4 Å². The summed E-state index contributed by atoms with van der Waals surface area (Å²) in [6.07, 6.45) is 4.39. The van der Waals surface area contributed by atoms with E-state index >= 15 is 0 Å². The molecule has 0 saturated heterocycles. The zero-order valence-corrected chi connectivity index (χ0v) is 7.29. The molecule has 1 aliphatic rings. The molecule has 3 nitrogen and oxygen atoms in total. The zero-order valence-electron chi connectivity index (χ0n) is 6.53. The van der Waals surface area contributed by atoms with Gasteiger partial charge in [-0.1, -0.05) is 11.6 Å². The van der Waals surface area contributed by atoms with E-state index in [1.165, 1.54) is 0 Å². The molecule has 0 aliphatic carbocycles. The Morgan fingerprint density at radius 1 is 1.75 bits per heavy atom. The first kappa shape index (κ1) is 7.80. The smallest absolute Gasteiger partial charge is 0.150 e. The molecular weight excluding hydrogens is 176 g/mol. The van der Waals surface area contributed by atoms with Crippen molar-refractivity contribution < 1.29 is 4.79 Å². The fourth-order valence-corrected chi connectivity index (χ4v) is 1.78. The first-order chi connectivity index (χ1) is 5.81. The van der Waals surface area contributed by atoms with E-state index < -0.39 is 0 Å². The van der Waals surface area contributed by atoms with E-state index in [0.29, 0.717) is 5.15 Å². The molecule has 1 atom stereocenters. The second-order valence-corrected chi connectivity index (χ2v) is 3.42. The van der Waals surface area contributed by atoms with Crippen molar-refractivity contribution >= 4 is 17.9 Å². The van der Waals surface area contributed by atoms with Gasteiger partial charge in [0.25, 0.3) is 0 Å². The number of fused-ring (bicyclic) bond motifs is 1. The lowest BCUT2D eigenvalue weighted by atomic mass is 9.98. The maximum atomic E-state index is 10.5. The number of carbonyl (C=O) groups excluding carboxylic acids is 1. The van der Waals surface area contributed by atoms with Crippen molar-refractivity contribution in [3.8, 4) is 0 Å². The third-order valence-electron chi connectivity index (χ3n) is 2.28. The molecule has 0 aromatic carbocycles. The van der Waals surface area contributed by atoms with Crippen LogP contribution in [0.15, 0.2) is 6.33 Å². The Hall–Kier alpha value is -0.830. The summed E-state index contributed by atoms with van der Waals surface area (Å²) < 4.78 is 2.02. The largest absolute Gasteiger partial charge is 0.333 e. The third kappa shape index (κ3) is 1.14. The number of nitrogens with zero attached hydrogens (tertiary/aromatic N) is 2. The molecule has 1 aliphatic heterocycles. The molecule has 0 N–H and O–H groups in total. The fourth-order valence-electron chi connectivity index (χ4n) is 1.55. The maximum Gasteiger partial charge on any atom is 0.150 e. The molecule has 64 valence electrons. The van der Waals surface area contributed by atoms with Crippen molar-refractivity contribution in [2.45, 2.75) is 19.4 Å². The number of rotatable bonds is 1. The molecular formula is C8H9ClN2O.